The Balaban J connectivity index is 1.97. The zero-order chi connectivity index (χ0) is 23.0. The molecule has 0 bridgehead atoms. The molecule has 1 N–H and O–H groups in total. The molecule has 0 saturated heterocycles. The van der Waals surface area contributed by atoms with Gasteiger partial charge in [0.25, 0.3) is 5.91 Å². The predicted molar refractivity (Wildman–Crippen MR) is 116 cm³/mol. The third-order valence-electron chi connectivity index (χ3n) is 5.29. The molecular weight excluding hydrogens is 416 g/mol. The van der Waals surface area contributed by atoms with Crippen molar-refractivity contribution in [2.45, 2.75) is 6.92 Å². The predicted octanol–water partition coefficient (Wildman–Crippen LogP) is 5.50. The maximum atomic E-state index is 15.3. The van der Waals surface area contributed by atoms with Crippen LogP contribution in [0.15, 0.2) is 59.0 Å². The number of carbonyl (C=O) groups is 2. The van der Waals surface area contributed by atoms with Gasteiger partial charge in [0.15, 0.2) is 0 Å². The van der Waals surface area contributed by atoms with Gasteiger partial charge in [0.05, 0.1) is 18.2 Å². The highest BCUT2D eigenvalue weighted by atomic mass is 19.1. The molecule has 0 fully saturated rings. The zero-order valence-electron chi connectivity index (χ0n) is 17.6. The fourth-order valence-electron chi connectivity index (χ4n) is 3.70. The molecule has 0 unspecified atom stereocenters. The van der Waals surface area contributed by atoms with E-state index >= 15 is 4.39 Å². The number of ether oxygens (including phenoxy) is 1. The highest BCUT2D eigenvalue weighted by Gasteiger charge is 2.24. The van der Waals surface area contributed by atoms with Gasteiger partial charge in [0.1, 0.15) is 23.0 Å². The number of benzene rings is 3. The second-order valence-corrected chi connectivity index (χ2v) is 7.21. The molecule has 7 heteroatoms. The Morgan fingerprint density at radius 2 is 1.66 bits per heavy atom. The molecule has 1 amide bonds. The Bertz CT molecular complexity index is 1360. The Hall–Kier alpha value is -4.00. The van der Waals surface area contributed by atoms with Crippen LogP contribution in [0.1, 0.15) is 26.3 Å². The number of hydrogen-bond donors (Lipinski definition) is 1. The Morgan fingerprint density at radius 3 is 2.31 bits per heavy atom. The smallest absolute Gasteiger partial charge is 0.340 e. The summed E-state index contributed by atoms with van der Waals surface area (Å²) in [4.78, 5) is 24.7. The summed E-state index contributed by atoms with van der Waals surface area (Å²) in [6.07, 6.45) is 0. The highest BCUT2D eigenvalue weighted by Crippen LogP contribution is 2.37. The number of halogens is 2. The Kier molecular flexibility index (Phi) is 5.48. The molecule has 1 aromatic heterocycles. The second-order valence-electron chi connectivity index (χ2n) is 7.21. The van der Waals surface area contributed by atoms with Crippen LogP contribution in [-0.2, 0) is 4.74 Å². The van der Waals surface area contributed by atoms with Crippen molar-refractivity contribution in [2.24, 2.45) is 0 Å². The van der Waals surface area contributed by atoms with Crippen LogP contribution in [0.5, 0.6) is 0 Å². The van der Waals surface area contributed by atoms with Crippen LogP contribution >= 0.6 is 0 Å². The number of hydrogen-bond acceptors (Lipinski definition) is 4. The van der Waals surface area contributed by atoms with Gasteiger partial charge >= 0.3 is 5.97 Å². The molecule has 0 saturated carbocycles. The summed E-state index contributed by atoms with van der Waals surface area (Å²) >= 11 is 0. The van der Waals surface area contributed by atoms with E-state index in [1.54, 1.807) is 31.2 Å². The van der Waals surface area contributed by atoms with Crippen molar-refractivity contribution in [1.29, 1.82) is 0 Å². The minimum atomic E-state index is -0.780. The van der Waals surface area contributed by atoms with E-state index in [0.717, 1.165) is 0 Å². The van der Waals surface area contributed by atoms with Gasteiger partial charge in [-0.1, -0.05) is 12.1 Å². The number of carbonyl (C=O) groups excluding carboxylic acids is 2. The number of rotatable bonds is 4. The fourth-order valence-corrected chi connectivity index (χ4v) is 3.70. The number of nitrogens with one attached hydrogen (secondary N) is 1. The van der Waals surface area contributed by atoms with Crippen LogP contribution < -0.4 is 5.32 Å². The maximum absolute atomic E-state index is 15.3. The van der Waals surface area contributed by atoms with E-state index in [4.69, 9.17) is 4.42 Å². The summed E-state index contributed by atoms with van der Waals surface area (Å²) in [7, 11) is 2.68. The minimum absolute atomic E-state index is 0.182. The number of aryl methyl sites for hydroxylation is 1. The van der Waals surface area contributed by atoms with E-state index in [2.05, 4.69) is 10.1 Å². The van der Waals surface area contributed by atoms with Gasteiger partial charge in [0.2, 0.25) is 0 Å². The standard InChI is InChI=1S/C25H19F2NO4/c1-13-4-10-17(25(30)31-3)22(27)20(13)15-7-11-19-18(12-15)21(24(29)28-2)23(32-19)14-5-8-16(26)9-6-14/h4-12H,1-3H3,(H,28,29). The third-order valence-corrected chi connectivity index (χ3v) is 5.29. The molecule has 0 radical (unpaired) electrons. The molecule has 0 aliphatic carbocycles. The van der Waals surface area contributed by atoms with Gasteiger partial charge in [-0.15, -0.1) is 0 Å². The molecule has 162 valence electrons. The Morgan fingerprint density at radius 1 is 0.969 bits per heavy atom. The van der Waals surface area contributed by atoms with Gasteiger partial charge in [-0.25, -0.2) is 13.6 Å². The summed E-state index contributed by atoms with van der Waals surface area (Å²) in [5.74, 6) is -2.03. The summed E-state index contributed by atoms with van der Waals surface area (Å²) in [6, 6.07) is 13.5. The number of amides is 1. The van der Waals surface area contributed by atoms with Crippen molar-refractivity contribution in [1.82, 2.24) is 5.32 Å². The number of methoxy groups -OCH3 is 1. The lowest BCUT2D eigenvalue weighted by Crippen LogP contribution is -2.18. The molecule has 4 rings (SSSR count). The normalized spacial score (nSPS) is 10.9. The highest BCUT2D eigenvalue weighted by molar-refractivity contribution is 6.12. The molecule has 32 heavy (non-hydrogen) atoms. The molecule has 4 aromatic rings. The minimum Gasteiger partial charge on any atom is -0.465 e. The van der Waals surface area contributed by atoms with Crippen LogP contribution in [0.4, 0.5) is 8.78 Å². The second kappa shape index (κ2) is 8.26. The fraction of sp³-hybridized carbons (Fsp3) is 0.120. The molecular formula is C25H19F2NO4. The van der Waals surface area contributed by atoms with Crippen LogP contribution in [0.2, 0.25) is 0 Å². The van der Waals surface area contributed by atoms with Gasteiger partial charge in [0, 0.05) is 23.6 Å². The van der Waals surface area contributed by atoms with Crippen molar-refractivity contribution in [3.05, 3.63) is 82.9 Å². The van der Waals surface area contributed by atoms with Crippen LogP contribution in [0.3, 0.4) is 0 Å². The average Bonchev–Trinajstić information content (AvgIpc) is 3.17. The first-order chi connectivity index (χ1) is 15.3. The first-order valence-corrected chi connectivity index (χ1v) is 9.78. The van der Waals surface area contributed by atoms with E-state index in [9.17, 15) is 14.0 Å². The third kappa shape index (κ3) is 3.51. The molecule has 1 heterocycles. The largest absolute Gasteiger partial charge is 0.465 e. The van der Waals surface area contributed by atoms with Gasteiger partial charge < -0.3 is 14.5 Å². The molecule has 0 atom stereocenters. The SMILES string of the molecule is CNC(=O)c1c(-c2ccc(F)cc2)oc2ccc(-c3c(C)ccc(C(=O)OC)c3F)cc12. The van der Waals surface area contributed by atoms with Gasteiger partial charge in [-0.05, 0) is 60.5 Å². The van der Waals surface area contributed by atoms with Crippen LogP contribution in [-0.4, -0.2) is 26.0 Å². The maximum Gasteiger partial charge on any atom is 0.340 e. The number of esters is 1. The first kappa shape index (κ1) is 21.2. The molecule has 0 aliphatic rings. The van der Waals surface area contributed by atoms with E-state index in [1.807, 2.05) is 0 Å². The lowest BCUT2D eigenvalue weighted by Gasteiger charge is -2.11. The van der Waals surface area contributed by atoms with Crippen LogP contribution in [0.25, 0.3) is 33.4 Å². The molecule has 3 aromatic carbocycles. The lowest BCUT2D eigenvalue weighted by atomic mass is 9.95. The molecule has 5 nitrogen and oxygen atoms in total. The molecule has 0 spiro atoms. The van der Waals surface area contributed by atoms with E-state index in [-0.39, 0.29) is 22.5 Å². The quantitative estimate of drug-likeness (QED) is 0.430. The van der Waals surface area contributed by atoms with Crippen molar-refractivity contribution in [3.8, 4) is 22.5 Å². The monoisotopic (exact) mass is 435 g/mol. The van der Waals surface area contributed by atoms with Crippen LogP contribution in [0, 0.1) is 18.6 Å². The summed E-state index contributed by atoms with van der Waals surface area (Å²) in [6.45, 7) is 1.72. The summed E-state index contributed by atoms with van der Waals surface area (Å²) in [5, 5.41) is 3.05. The molecule has 0 aliphatic heterocycles. The summed E-state index contributed by atoms with van der Waals surface area (Å²) in [5.41, 5.74) is 2.30. The number of fused-ring (bicyclic) bond motifs is 1. The van der Waals surface area contributed by atoms with Crippen molar-refractivity contribution in [3.63, 3.8) is 0 Å². The van der Waals surface area contributed by atoms with Crippen molar-refractivity contribution >= 4 is 22.8 Å². The van der Waals surface area contributed by atoms with Gasteiger partial charge in [-0.2, -0.15) is 0 Å². The zero-order valence-corrected chi connectivity index (χ0v) is 17.6. The average molecular weight is 435 g/mol. The van der Waals surface area contributed by atoms with E-state index < -0.39 is 23.5 Å². The van der Waals surface area contributed by atoms with E-state index in [1.165, 1.54) is 44.5 Å². The Labute approximate surface area is 182 Å². The van der Waals surface area contributed by atoms with Crippen molar-refractivity contribution < 1.29 is 27.5 Å². The topological polar surface area (TPSA) is 68.5 Å². The lowest BCUT2D eigenvalue weighted by molar-refractivity contribution is 0.0595. The van der Waals surface area contributed by atoms with E-state index in [0.29, 0.717) is 27.7 Å². The number of furan rings is 1. The summed E-state index contributed by atoms with van der Waals surface area (Å²) < 4.78 is 39.2. The first-order valence-electron chi connectivity index (χ1n) is 9.78. The van der Waals surface area contributed by atoms with Gasteiger partial charge in [-0.3, -0.25) is 4.79 Å². The van der Waals surface area contributed by atoms with Crippen molar-refractivity contribution in [2.75, 3.05) is 14.2 Å².